The maximum absolute atomic E-state index is 13.4. The van der Waals surface area contributed by atoms with Gasteiger partial charge in [-0.15, -0.1) is 5.10 Å². The molecule has 4 N–H and O–H groups in total. The first-order valence-corrected chi connectivity index (χ1v) is 12.0. The number of halogens is 1. The van der Waals surface area contributed by atoms with E-state index in [1.807, 2.05) is 41.0 Å². The van der Waals surface area contributed by atoms with Crippen molar-refractivity contribution < 1.29 is 0 Å². The molecule has 0 saturated carbocycles. The number of nitrogens with two attached hydrogens (primary N) is 1. The maximum atomic E-state index is 13.4. The summed E-state index contributed by atoms with van der Waals surface area (Å²) in [5.41, 5.74) is 11.6. The van der Waals surface area contributed by atoms with Gasteiger partial charge in [0.1, 0.15) is 12.2 Å². The molecule has 0 fully saturated rings. The Morgan fingerprint density at radius 2 is 2.00 bits per heavy atom. The summed E-state index contributed by atoms with van der Waals surface area (Å²) in [6, 6.07) is 14.8. The average Bonchev–Trinajstić information content (AvgIpc) is 3.70. The Morgan fingerprint density at radius 3 is 2.86 bits per heavy atom. The van der Waals surface area contributed by atoms with Gasteiger partial charge in [-0.2, -0.15) is 9.78 Å². The van der Waals surface area contributed by atoms with E-state index in [1.54, 1.807) is 23.0 Å². The first-order chi connectivity index (χ1) is 18.0. The van der Waals surface area contributed by atoms with Gasteiger partial charge in [0.05, 0.1) is 29.1 Å². The lowest BCUT2D eigenvalue weighted by Gasteiger charge is -2.15. The first-order valence-electron chi connectivity index (χ1n) is 11.6. The van der Waals surface area contributed by atoms with Gasteiger partial charge in [0.2, 0.25) is 0 Å². The molecule has 5 heterocycles. The first kappa shape index (κ1) is 21.5. The Balaban J connectivity index is 1.25. The van der Waals surface area contributed by atoms with Crippen LogP contribution < -0.4 is 11.3 Å². The highest BCUT2D eigenvalue weighted by atomic mass is 35.5. The Labute approximate surface area is 213 Å². The smallest absolute Gasteiger partial charge is 0.252 e. The summed E-state index contributed by atoms with van der Waals surface area (Å²) >= 11 is 6.31. The van der Waals surface area contributed by atoms with E-state index in [4.69, 9.17) is 17.3 Å². The summed E-state index contributed by atoms with van der Waals surface area (Å²) in [4.78, 5) is 21.5. The average molecular weight is 511 g/mol. The number of H-pyrrole nitrogens is 2. The van der Waals surface area contributed by atoms with Gasteiger partial charge in [0.15, 0.2) is 5.82 Å². The third kappa shape index (κ3) is 3.51. The number of nitrogen functional groups attached to an aromatic ring is 1. The van der Waals surface area contributed by atoms with E-state index in [1.165, 1.54) is 6.33 Å². The lowest BCUT2D eigenvalue weighted by Crippen LogP contribution is -2.23. The fraction of sp³-hybridized carbons (Fsp3) is 0.120. The number of imidazole rings is 1. The van der Waals surface area contributed by atoms with Crippen molar-refractivity contribution in [3.8, 4) is 28.1 Å². The summed E-state index contributed by atoms with van der Waals surface area (Å²) in [6.45, 7) is 0. The van der Waals surface area contributed by atoms with Gasteiger partial charge in [0, 0.05) is 33.3 Å². The number of hydrogen-bond donors (Lipinski definition) is 3. The van der Waals surface area contributed by atoms with Crippen LogP contribution in [0.15, 0.2) is 65.8 Å². The van der Waals surface area contributed by atoms with Crippen molar-refractivity contribution in [3.05, 3.63) is 87.9 Å². The zero-order chi connectivity index (χ0) is 25.1. The number of tetrazole rings is 1. The molecule has 0 spiro atoms. The van der Waals surface area contributed by atoms with Crippen molar-refractivity contribution in [3.63, 3.8) is 0 Å². The summed E-state index contributed by atoms with van der Waals surface area (Å²) in [5, 5.41) is 19.9. The molecule has 0 aliphatic carbocycles. The third-order valence-corrected chi connectivity index (χ3v) is 7.05. The molecule has 11 nitrogen and oxygen atoms in total. The third-order valence-electron chi connectivity index (χ3n) is 6.81. The highest BCUT2D eigenvalue weighted by molar-refractivity contribution is 6.31. The monoisotopic (exact) mass is 510 g/mol. The molecule has 7 rings (SSSR count). The number of fused-ring (bicyclic) bond motifs is 2. The van der Waals surface area contributed by atoms with E-state index in [9.17, 15) is 4.79 Å². The number of aromatic amines is 2. The second-order valence-electron chi connectivity index (χ2n) is 8.97. The van der Waals surface area contributed by atoms with Gasteiger partial charge >= 0.3 is 0 Å². The fourth-order valence-corrected chi connectivity index (χ4v) is 5.25. The van der Waals surface area contributed by atoms with Crippen molar-refractivity contribution in [2.75, 3.05) is 5.73 Å². The molecular weight excluding hydrogens is 492 g/mol. The van der Waals surface area contributed by atoms with Crippen LogP contribution in [0.5, 0.6) is 0 Å². The highest BCUT2D eigenvalue weighted by Crippen LogP contribution is 2.34. The Hall–Kier alpha value is -4.77. The molecule has 1 aliphatic heterocycles. The van der Waals surface area contributed by atoms with Crippen LogP contribution in [-0.2, 0) is 6.42 Å². The zero-order valence-electron chi connectivity index (χ0n) is 19.3. The molecule has 0 saturated heterocycles. The second kappa shape index (κ2) is 8.14. The Morgan fingerprint density at radius 1 is 1.08 bits per heavy atom. The zero-order valence-corrected chi connectivity index (χ0v) is 20.0. The lowest BCUT2D eigenvalue weighted by atomic mass is 10.0. The maximum Gasteiger partial charge on any atom is 0.252 e. The van der Waals surface area contributed by atoms with E-state index in [0.29, 0.717) is 10.8 Å². The van der Waals surface area contributed by atoms with E-state index in [-0.39, 0.29) is 11.6 Å². The normalized spacial score (nSPS) is 14.9. The second-order valence-corrected chi connectivity index (χ2v) is 9.40. The number of aromatic nitrogens is 9. The van der Waals surface area contributed by atoms with Gasteiger partial charge in [-0.05, 0) is 65.2 Å². The van der Waals surface area contributed by atoms with Crippen molar-refractivity contribution in [2.45, 2.75) is 18.9 Å². The van der Waals surface area contributed by atoms with Gasteiger partial charge in [-0.3, -0.25) is 9.89 Å². The number of rotatable bonds is 4. The number of benzene rings is 2. The minimum absolute atomic E-state index is 0.107. The molecule has 1 atom stereocenters. The molecule has 182 valence electrons. The number of nitrogens with zero attached hydrogens (tertiary/aromatic N) is 7. The van der Waals surface area contributed by atoms with Gasteiger partial charge in [-0.25, -0.2) is 4.98 Å². The molecule has 0 bridgehead atoms. The van der Waals surface area contributed by atoms with E-state index in [0.717, 1.165) is 63.3 Å². The molecule has 4 aromatic heterocycles. The SMILES string of the molecule is Nc1n[nH]c2cc(-c3cnc(C4CCc5cc(-c6cc(Cl)ccc6-n6cnnn6)cc(=O)n54)[nH]3)ccc12. The number of aryl methyl sites for hydroxylation is 1. The molecule has 1 aliphatic rings. The molecule has 2 aromatic carbocycles. The van der Waals surface area contributed by atoms with Crippen molar-refractivity contribution >= 4 is 28.3 Å². The molecule has 1 unspecified atom stereocenters. The minimum atomic E-state index is -0.185. The van der Waals surface area contributed by atoms with Crippen LogP contribution in [0.2, 0.25) is 5.02 Å². The minimum Gasteiger partial charge on any atom is -0.382 e. The molecule has 0 amide bonds. The van der Waals surface area contributed by atoms with Crippen LogP contribution in [-0.4, -0.2) is 44.9 Å². The van der Waals surface area contributed by atoms with Crippen LogP contribution in [0.3, 0.4) is 0 Å². The highest BCUT2D eigenvalue weighted by Gasteiger charge is 2.28. The van der Waals surface area contributed by atoms with Gasteiger partial charge in [0.25, 0.3) is 5.56 Å². The van der Waals surface area contributed by atoms with E-state index < -0.39 is 0 Å². The molecular formula is C25H19ClN10O. The summed E-state index contributed by atoms with van der Waals surface area (Å²) in [6.07, 6.45) is 4.80. The number of anilines is 1. The molecule has 37 heavy (non-hydrogen) atoms. The largest absolute Gasteiger partial charge is 0.382 e. The predicted molar refractivity (Wildman–Crippen MR) is 138 cm³/mol. The van der Waals surface area contributed by atoms with Crippen molar-refractivity contribution in [2.24, 2.45) is 0 Å². The quantitative estimate of drug-likeness (QED) is 0.328. The van der Waals surface area contributed by atoms with Crippen LogP contribution in [0.25, 0.3) is 39.0 Å². The predicted octanol–water partition coefficient (Wildman–Crippen LogP) is 3.53. The van der Waals surface area contributed by atoms with Crippen LogP contribution >= 0.6 is 11.6 Å². The number of hydrogen-bond acceptors (Lipinski definition) is 7. The Bertz CT molecular complexity index is 1850. The number of pyridine rings is 1. The summed E-state index contributed by atoms with van der Waals surface area (Å²) in [7, 11) is 0. The standard InChI is InChI=1S/C25H19ClN10O/c26-15-2-5-21(35-12-29-33-34-35)18(10-15)14-7-16-3-6-22(36(16)23(37)9-14)25-28-11-20(30-25)13-1-4-17-19(8-13)31-32-24(17)27/h1-2,4-5,7-12,22H,3,6H2,(H,28,30)(H3,27,31,32). The van der Waals surface area contributed by atoms with E-state index >= 15 is 0 Å². The summed E-state index contributed by atoms with van der Waals surface area (Å²) in [5.74, 6) is 1.21. The van der Waals surface area contributed by atoms with Crippen LogP contribution in [0, 0.1) is 0 Å². The number of nitrogens with one attached hydrogen (secondary N) is 2. The molecule has 12 heteroatoms. The van der Waals surface area contributed by atoms with Crippen molar-refractivity contribution in [1.29, 1.82) is 0 Å². The Kier molecular flexibility index (Phi) is 4.73. The van der Waals surface area contributed by atoms with E-state index in [2.05, 4.69) is 35.7 Å². The molecule has 0 radical (unpaired) electrons. The van der Waals surface area contributed by atoms with Crippen LogP contribution in [0.4, 0.5) is 5.82 Å². The fourth-order valence-electron chi connectivity index (χ4n) is 5.08. The topological polar surface area (TPSA) is 149 Å². The lowest BCUT2D eigenvalue weighted by molar-refractivity contribution is 0.572. The van der Waals surface area contributed by atoms with Crippen LogP contribution in [0.1, 0.15) is 24.0 Å². The summed E-state index contributed by atoms with van der Waals surface area (Å²) < 4.78 is 3.37. The van der Waals surface area contributed by atoms with Crippen molar-refractivity contribution in [1.82, 2.24) is 44.9 Å². The van der Waals surface area contributed by atoms with Gasteiger partial charge in [-0.1, -0.05) is 17.7 Å². The van der Waals surface area contributed by atoms with Gasteiger partial charge < -0.3 is 15.3 Å². The molecule has 6 aromatic rings.